The van der Waals surface area contributed by atoms with Gasteiger partial charge in [-0.05, 0) is 32.9 Å². The first-order chi connectivity index (χ1) is 9.52. The highest BCUT2D eigenvalue weighted by Gasteiger charge is 2.16. The molecular formula is C15H20N2O3. The SMILES string of the molecule is COc1cccc(Oc2cnn(C(C)C)c2)c1C(C)O. The van der Waals surface area contributed by atoms with E-state index in [1.54, 1.807) is 32.4 Å². The minimum Gasteiger partial charge on any atom is -0.496 e. The molecule has 1 aromatic heterocycles. The van der Waals surface area contributed by atoms with Crippen LogP contribution in [-0.2, 0) is 0 Å². The van der Waals surface area contributed by atoms with Gasteiger partial charge in [-0.3, -0.25) is 4.68 Å². The molecule has 5 heteroatoms. The zero-order valence-electron chi connectivity index (χ0n) is 12.2. The molecule has 1 unspecified atom stereocenters. The predicted molar refractivity (Wildman–Crippen MR) is 76.3 cm³/mol. The van der Waals surface area contributed by atoms with Gasteiger partial charge in [0.1, 0.15) is 11.5 Å². The number of ether oxygens (including phenoxy) is 2. The molecule has 2 aromatic rings. The molecule has 2 rings (SSSR count). The van der Waals surface area contributed by atoms with Crippen molar-refractivity contribution >= 4 is 0 Å². The Bertz CT molecular complexity index is 576. The van der Waals surface area contributed by atoms with Crippen LogP contribution in [0.4, 0.5) is 0 Å². The topological polar surface area (TPSA) is 56.5 Å². The quantitative estimate of drug-likeness (QED) is 0.910. The van der Waals surface area contributed by atoms with Gasteiger partial charge in [0.15, 0.2) is 5.75 Å². The van der Waals surface area contributed by atoms with E-state index in [1.165, 1.54) is 0 Å². The summed E-state index contributed by atoms with van der Waals surface area (Å²) >= 11 is 0. The molecule has 108 valence electrons. The zero-order valence-corrected chi connectivity index (χ0v) is 12.2. The molecular weight excluding hydrogens is 256 g/mol. The van der Waals surface area contributed by atoms with Gasteiger partial charge in [0.2, 0.25) is 0 Å². The third kappa shape index (κ3) is 2.93. The smallest absolute Gasteiger partial charge is 0.165 e. The summed E-state index contributed by atoms with van der Waals surface area (Å²) in [5, 5.41) is 14.1. The van der Waals surface area contributed by atoms with Crippen LogP contribution in [0.15, 0.2) is 30.6 Å². The molecule has 0 saturated carbocycles. The van der Waals surface area contributed by atoms with Gasteiger partial charge in [0.05, 0.1) is 31.2 Å². The van der Waals surface area contributed by atoms with E-state index < -0.39 is 6.10 Å². The maximum atomic E-state index is 9.91. The average Bonchev–Trinajstić information content (AvgIpc) is 2.86. The van der Waals surface area contributed by atoms with E-state index in [-0.39, 0.29) is 6.04 Å². The maximum absolute atomic E-state index is 9.91. The fourth-order valence-electron chi connectivity index (χ4n) is 1.99. The summed E-state index contributed by atoms with van der Waals surface area (Å²) in [5.41, 5.74) is 0.632. The third-order valence-corrected chi connectivity index (χ3v) is 3.00. The van der Waals surface area contributed by atoms with Crippen LogP contribution in [-0.4, -0.2) is 22.0 Å². The fraction of sp³-hybridized carbons (Fsp3) is 0.400. The van der Waals surface area contributed by atoms with E-state index in [9.17, 15) is 5.11 Å². The van der Waals surface area contributed by atoms with Crippen LogP contribution in [0.1, 0.15) is 38.5 Å². The predicted octanol–water partition coefficient (Wildman–Crippen LogP) is 3.32. The van der Waals surface area contributed by atoms with E-state index in [2.05, 4.69) is 5.10 Å². The fourth-order valence-corrected chi connectivity index (χ4v) is 1.99. The van der Waals surface area contributed by atoms with Crippen LogP contribution in [0, 0.1) is 0 Å². The summed E-state index contributed by atoms with van der Waals surface area (Å²) in [7, 11) is 1.57. The first-order valence-electron chi connectivity index (χ1n) is 6.60. The third-order valence-electron chi connectivity index (χ3n) is 3.00. The second kappa shape index (κ2) is 5.96. The van der Waals surface area contributed by atoms with Crippen LogP contribution in [0.5, 0.6) is 17.2 Å². The molecule has 0 bridgehead atoms. The van der Waals surface area contributed by atoms with E-state index in [4.69, 9.17) is 9.47 Å². The van der Waals surface area contributed by atoms with Crippen molar-refractivity contribution < 1.29 is 14.6 Å². The van der Waals surface area contributed by atoms with E-state index in [0.717, 1.165) is 0 Å². The van der Waals surface area contributed by atoms with Gasteiger partial charge in [-0.2, -0.15) is 5.10 Å². The van der Waals surface area contributed by atoms with Crippen molar-refractivity contribution in [1.29, 1.82) is 0 Å². The summed E-state index contributed by atoms with van der Waals surface area (Å²) in [4.78, 5) is 0. The summed E-state index contributed by atoms with van der Waals surface area (Å²) < 4.78 is 12.9. The van der Waals surface area contributed by atoms with Crippen molar-refractivity contribution in [1.82, 2.24) is 9.78 Å². The lowest BCUT2D eigenvalue weighted by atomic mass is 10.1. The number of aliphatic hydroxyl groups is 1. The van der Waals surface area contributed by atoms with Gasteiger partial charge in [-0.15, -0.1) is 0 Å². The molecule has 0 spiro atoms. The molecule has 0 aliphatic heterocycles. The largest absolute Gasteiger partial charge is 0.496 e. The van der Waals surface area contributed by atoms with Gasteiger partial charge in [-0.1, -0.05) is 6.07 Å². The van der Waals surface area contributed by atoms with Crippen molar-refractivity contribution in [3.05, 3.63) is 36.2 Å². The number of benzene rings is 1. The van der Waals surface area contributed by atoms with Gasteiger partial charge in [0, 0.05) is 6.04 Å². The average molecular weight is 276 g/mol. The molecule has 0 aliphatic carbocycles. The van der Waals surface area contributed by atoms with Crippen LogP contribution >= 0.6 is 0 Å². The van der Waals surface area contributed by atoms with Gasteiger partial charge < -0.3 is 14.6 Å². The van der Waals surface area contributed by atoms with E-state index in [0.29, 0.717) is 22.8 Å². The van der Waals surface area contributed by atoms with Crippen molar-refractivity contribution in [2.45, 2.75) is 32.9 Å². The highest BCUT2D eigenvalue weighted by molar-refractivity contribution is 5.47. The molecule has 5 nitrogen and oxygen atoms in total. The van der Waals surface area contributed by atoms with E-state index >= 15 is 0 Å². The number of aliphatic hydroxyl groups excluding tert-OH is 1. The van der Waals surface area contributed by atoms with Crippen LogP contribution in [0.25, 0.3) is 0 Å². The number of hydrogen-bond donors (Lipinski definition) is 1. The standard InChI is InChI=1S/C15H20N2O3/c1-10(2)17-9-12(8-16-17)20-14-7-5-6-13(19-4)15(14)11(3)18/h5-11,18H,1-4H3. The molecule has 0 fully saturated rings. The van der Waals surface area contributed by atoms with Crippen LogP contribution in [0.2, 0.25) is 0 Å². The molecule has 1 atom stereocenters. The molecule has 1 aromatic carbocycles. The number of aromatic nitrogens is 2. The summed E-state index contributed by atoms with van der Waals surface area (Å²) in [5.74, 6) is 1.81. The first-order valence-corrected chi connectivity index (χ1v) is 6.60. The maximum Gasteiger partial charge on any atom is 0.165 e. The van der Waals surface area contributed by atoms with Gasteiger partial charge in [0.25, 0.3) is 0 Å². The Morgan fingerprint density at radius 3 is 2.45 bits per heavy atom. The number of rotatable bonds is 5. The number of nitrogens with zero attached hydrogens (tertiary/aromatic N) is 2. The highest BCUT2D eigenvalue weighted by atomic mass is 16.5. The molecule has 0 saturated heterocycles. The summed E-state index contributed by atoms with van der Waals surface area (Å²) in [6, 6.07) is 5.70. The normalized spacial score (nSPS) is 12.5. The van der Waals surface area contributed by atoms with Gasteiger partial charge in [-0.25, -0.2) is 0 Å². The molecule has 1 heterocycles. The lowest BCUT2D eigenvalue weighted by molar-refractivity contribution is 0.190. The lowest BCUT2D eigenvalue weighted by Crippen LogP contribution is -2.00. The molecule has 0 aliphatic rings. The molecule has 20 heavy (non-hydrogen) atoms. The van der Waals surface area contributed by atoms with E-state index in [1.807, 2.05) is 30.8 Å². The zero-order chi connectivity index (χ0) is 14.7. The van der Waals surface area contributed by atoms with Crippen LogP contribution in [0.3, 0.4) is 0 Å². The Morgan fingerprint density at radius 1 is 1.20 bits per heavy atom. The monoisotopic (exact) mass is 276 g/mol. The Kier molecular flexibility index (Phi) is 4.29. The molecule has 0 amide bonds. The van der Waals surface area contributed by atoms with Gasteiger partial charge >= 0.3 is 0 Å². The number of hydrogen-bond acceptors (Lipinski definition) is 4. The Balaban J connectivity index is 2.32. The summed E-state index contributed by atoms with van der Waals surface area (Å²) in [6.45, 7) is 5.77. The Hall–Kier alpha value is -2.01. The van der Waals surface area contributed by atoms with Crippen molar-refractivity contribution in [3.63, 3.8) is 0 Å². The Labute approximate surface area is 118 Å². The lowest BCUT2D eigenvalue weighted by Gasteiger charge is -2.15. The minimum atomic E-state index is -0.679. The Morgan fingerprint density at radius 2 is 1.90 bits per heavy atom. The first kappa shape index (κ1) is 14.4. The number of methoxy groups -OCH3 is 1. The highest BCUT2D eigenvalue weighted by Crippen LogP contribution is 2.36. The summed E-state index contributed by atoms with van der Waals surface area (Å²) in [6.07, 6.45) is 2.81. The second-order valence-electron chi connectivity index (χ2n) is 4.90. The molecule has 0 radical (unpaired) electrons. The van der Waals surface area contributed by atoms with Crippen LogP contribution < -0.4 is 9.47 Å². The minimum absolute atomic E-state index is 0.272. The molecule has 1 N–H and O–H groups in total. The van der Waals surface area contributed by atoms with Crippen molar-refractivity contribution in [2.75, 3.05) is 7.11 Å². The van der Waals surface area contributed by atoms with Crippen molar-refractivity contribution in [2.24, 2.45) is 0 Å². The second-order valence-corrected chi connectivity index (χ2v) is 4.90. The van der Waals surface area contributed by atoms with Crippen molar-refractivity contribution in [3.8, 4) is 17.2 Å².